The van der Waals surface area contributed by atoms with Crippen molar-refractivity contribution in [2.24, 2.45) is 0 Å². The molecule has 0 saturated carbocycles. The number of fused-ring (bicyclic) bond motifs is 3. The summed E-state index contributed by atoms with van der Waals surface area (Å²) in [6, 6.07) is 18.8. The van der Waals surface area contributed by atoms with Crippen molar-refractivity contribution in [1.29, 1.82) is 0 Å². The molecule has 2 aromatic carbocycles. The van der Waals surface area contributed by atoms with Crippen LogP contribution in [0, 0.1) is 0 Å². The normalized spacial score (nSPS) is 23.3. The molecule has 118 valence electrons. The predicted molar refractivity (Wildman–Crippen MR) is 92.3 cm³/mol. The highest BCUT2D eigenvalue weighted by molar-refractivity contribution is 5.76. The van der Waals surface area contributed by atoms with E-state index in [2.05, 4.69) is 60.9 Å². The summed E-state index contributed by atoms with van der Waals surface area (Å²) in [5, 5.41) is 0. The summed E-state index contributed by atoms with van der Waals surface area (Å²) in [5.74, 6) is 1.06. The second kappa shape index (κ2) is 5.50. The van der Waals surface area contributed by atoms with Gasteiger partial charge in [0.25, 0.3) is 0 Å². The SMILES string of the molecule is CCCC[C@@]1(C)O[C@H](c2ccccc2)n2c1nc1ccccc12. The largest absolute Gasteiger partial charge is 0.340 e. The van der Waals surface area contributed by atoms with Gasteiger partial charge in [-0.25, -0.2) is 4.98 Å². The Labute approximate surface area is 136 Å². The second-order valence-electron chi connectivity index (χ2n) is 6.51. The topological polar surface area (TPSA) is 27.1 Å². The molecule has 3 nitrogen and oxygen atoms in total. The summed E-state index contributed by atoms with van der Waals surface area (Å²) < 4.78 is 8.83. The van der Waals surface area contributed by atoms with Gasteiger partial charge in [0.1, 0.15) is 11.4 Å². The Morgan fingerprint density at radius 2 is 1.83 bits per heavy atom. The Bertz CT molecular complexity index is 824. The van der Waals surface area contributed by atoms with E-state index in [1.54, 1.807) is 0 Å². The van der Waals surface area contributed by atoms with Crippen molar-refractivity contribution in [3.63, 3.8) is 0 Å². The van der Waals surface area contributed by atoms with Crippen molar-refractivity contribution < 1.29 is 4.74 Å². The zero-order chi connectivity index (χ0) is 15.9. The van der Waals surface area contributed by atoms with Gasteiger partial charge in [0.05, 0.1) is 11.0 Å². The highest BCUT2D eigenvalue weighted by Gasteiger charge is 2.44. The minimum absolute atomic E-state index is 0.0968. The molecular weight excluding hydrogens is 284 g/mol. The van der Waals surface area contributed by atoms with Gasteiger partial charge in [-0.05, 0) is 25.5 Å². The van der Waals surface area contributed by atoms with Crippen LogP contribution in [0.1, 0.15) is 50.7 Å². The molecule has 0 bridgehead atoms. The molecule has 1 aliphatic rings. The predicted octanol–water partition coefficient (Wildman–Crippen LogP) is 5.02. The fourth-order valence-corrected chi connectivity index (χ4v) is 3.53. The molecule has 0 radical (unpaired) electrons. The van der Waals surface area contributed by atoms with E-state index < -0.39 is 0 Å². The highest BCUT2D eigenvalue weighted by atomic mass is 16.5. The fourth-order valence-electron chi connectivity index (χ4n) is 3.53. The number of unbranched alkanes of at least 4 members (excludes halogenated alkanes) is 1. The minimum atomic E-state index is -0.324. The molecule has 3 heteroatoms. The molecule has 3 aromatic rings. The van der Waals surface area contributed by atoms with Crippen LogP contribution < -0.4 is 0 Å². The third-order valence-electron chi connectivity index (χ3n) is 4.77. The molecule has 1 aromatic heterocycles. The van der Waals surface area contributed by atoms with Crippen LogP contribution in [0.15, 0.2) is 54.6 Å². The lowest BCUT2D eigenvalue weighted by Gasteiger charge is -2.23. The van der Waals surface area contributed by atoms with Crippen molar-refractivity contribution >= 4 is 11.0 Å². The maximum absolute atomic E-state index is 6.56. The number of ether oxygens (including phenoxy) is 1. The molecule has 0 aliphatic carbocycles. The number of aromatic nitrogens is 2. The van der Waals surface area contributed by atoms with Gasteiger partial charge >= 0.3 is 0 Å². The maximum atomic E-state index is 6.56. The van der Waals surface area contributed by atoms with E-state index >= 15 is 0 Å². The summed E-state index contributed by atoms with van der Waals surface area (Å²) in [7, 11) is 0. The molecule has 0 amide bonds. The van der Waals surface area contributed by atoms with Crippen LogP contribution in [-0.4, -0.2) is 9.55 Å². The highest BCUT2D eigenvalue weighted by Crippen LogP contribution is 2.45. The van der Waals surface area contributed by atoms with E-state index in [9.17, 15) is 0 Å². The Morgan fingerprint density at radius 3 is 2.61 bits per heavy atom. The number of nitrogens with zero attached hydrogens (tertiary/aromatic N) is 2. The number of benzene rings is 2. The molecule has 0 N–H and O–H groups in total. The summed E-state index contributed by atoms with van der Waals surface area (Å²) >= 11 is 0. The van der Waals surface area contributed by atoms with E-state index in [0.717, 1.165) is 36.1 Å². The van der Waals surface area contributed by atoms with Crippen LogP contribution in [0.25, 0.3) is 11.0 Å². The first-order valence-corrected chi connectivity index (χ1v) is 8.43. The van der Waals surface area contributed by atoms with Gasteiger partial charge in [0.15, 0.2) is 6.23 Å². The lowest BCUT2D eigenvalue weighted by Crippen LogP contribution is -2.22. The van der Waals surface area contributed by atoms with E-state index in [0.29, 0.717) is 0 Å². The Hall–Kier alpha value is -2.13. The van der Waals surface area contributed by atoms with Gasteiger partial charge in [-0.15, -0.1) is 0 Å². The molecule has 0 spiro atoms. The Balaban J connectivity index is 1.89. The van der Waals surface area contributed by atoms with Crippen LogP contribution in [-0.2, 0) is 10.3 Å². The van der Waals surface area contributed by atoms with Crippen molar-refractivity contribution in [2.75, 3.05) is 0 Å². The third kappa shape index (κ3) is 2.27. The zero-order valence-corrected chi connectivity index (χ0v) is 13.7. The second-order valence-corrected chi connectivity index (χ2v) is 6.51. The molecule has 0 fully saturated rings. The standard InChI is InChI=1S/C20H22N2O/c1-3-4-14-20(2)19-21-16-12-8-9-13-17(16)22(19)18(23-20)15-10-6-5-7-11-15/h5-13,18H,3-4,14H2,1-2H3/t18-,20-/m1/s1. The van der Waals surface area contributed by atoms with Crippen molar-refractivity contribution in [3.8, 4) is 0 Å². The summed E-state index contributed by atoms with van der Waals surface area (Å²) in [6.45, 7) is 4.40. The summed E-state index contributed by atoms with van der Waals surface area (Å²) in [4.78, 5) is 4.91. The average molecular weight is 306 g/mol. The smallest absolute Gasteiger partial charge is 0.163 e. The number of para-hydroxylation sites is 2. The van der Waals surface area contributed by atoms with Gasteiger partial charge in [-0.2, -0.15) is 0 Å². The Morgan fingerprint density at radius 1 is 1.09 bits per heavy atom. The molecule has 23 heavy (non-hydrogen) atoms. The molecule has 0 saturated heterocycles. The van der Waals surface area contributed by atoms with Crippen LogP contribution in [0.2, 0.25) is 0 Å². The number of rotatable bonds is 4. The lowest BCUT2D eigenvalue weighted by molar-refractivity contribution is -0.0681. The van der Waals surface area contributed by atoms with E-state index in [1.807, 2.05) is 12.1 Å². The van der Waals surface area contributed by atoms with Crippen LogP contribution >= 0.6 is 0 Å². The fraction of sp³-hybridized carbons (Fsp3) is 0.350. The van der Waals surface area contributed by atoms with E-state index in [1.165, 1.54) is 5.56 Å². The molecule has 1 aliphatic heterocycles. The first-order valence-electron chi connectivity index (χ1n) is 8.43. The van der Waals surface area contributed by atoms with E-state index in [-0.39, 0.29) is 11.8 Å². The average Bonchev–Trinajstić information content (AvgIpc) is 3.11. The maximum Gasteiger partial charge on any atom is 0.163 e. The van der Waals surface area contributed by atoms with Crippen molar-refractivity contribution in [3.05, 3.63) is 66.0 Å². The summed E-state index contributed by atoms with van der Waals surface area (Å²) in [5.41, 5.74) is 3.05. The van der Waals surface area contributed by atoms with Crippen LogP contribution in [0.5, 0.6) is 0 Å². The van der Waals surface area contributed by atoms with Crippen LogP contribution in [0.4, 0.5) is 0 Å². The lowest BCUT2D eigenvalue weighted by atomic mass is 9.98. The minimum Gasteiger partial charge on any atom is -0.340 e. The molecule has 0 unspecified atom stereocenters. The first kappa shape index (κ1) is 14.5. The molecular formula is C20H22N2O. The number of hydrogen-bond acceptors (Lipinski definition) is 2. The summed E-state index contributed by atoms with van der Waals surface area (Å²) in [6.07, 6.45) is 3.20. The van der Waals surface area contributed by atoms with Gasteiger partial charge in [-0.1, -0.05) is 62.2 Å². The Kier molecular flexibility index (Phi) is 3.46. The number of hydrogen-bond donors (Lipinski definition) is 0. The van der Waals surface area contributed by atoms with Crippen LogP contribution in [0.3, 0.4) is 0 Å². The van der Waals surface area contributed by atoms with Gasteiger partial charge in [-0.3, -0.25) is 4.57 Å². The molecule has 2 heterocycles. The first-order chi connectivity index (χ1) is 11.2. The molecule has 2 atom stereocenters. The third-order valence-corrected chi connectivity index (χ3v) is 4.77. The van der Waals surface area contributed by atoms with Gasteiger partial charge < -0.3 is 4.74 Å². The van der Waals surface area contributed by atoms with Gasteiger partial charge in [0, 0.05) is 5.56 Å². The molecule has 4 rings (SSSR count). The quantitative estimate of drug-likeness (QED) is 0.677. The van der Waals surface area contributed by atoms with Gasteiger partial charge in [0.2, 0.25) is 0 Å². The van der Waals surface area contributed by atoms with Crippen molar-refractivity contribution in [2.45, 2.75) is 44.9 Å². The van der Waals surface area contributed by atoms with E-state index in [4.69, 9.17) is 9.72 Å². The van der Waals surface area contributed by atoms with Crippen molar-refractivity contribution in [1.82, 2.24) is 9.55 Å². The monoisotopic (exact) mass is 306 g/mol. The zero-order valence-electron chi connectivity index (χ0n) is 13.7. The number of imidazole rings is 1.